The van der Waals surface area contributed by atoms with Crippen LogP contribution in [0.2, 0.25) is 0 Å². The van der Waals surface area contributed by atoms with Crippen LogP contribution in [0.3, 0.4) is 0 Å². The van der Waals surface area contributed by atoms with Crippen molar-refractivity contribution in [2.75, 3.05) is 13.2 Å². The van der Waals surface area contributed by atoms with Crippen LogP contribution in [0.4, 0.5) is 4.79 Å². The summed E-state index contributed by atoms with van der Waals surface area (Å²) in [5, 5.41) is 9.22. The summed E-state index contributed by atoms with van der Waals surface area (Å²) in [5.41, 5.74) is 1.94. The number of nitrogens with zero attached hydrogens (tertiary/aromatic N) is 1. The molecular formula is C18H21NO3. The summed E-state index contributed by atoms with van der Waals surface area (Å²) in [6.07, 6.45) is -0.422. The lowest BCUT2D eigenvalue weighted by molar-refractivity contribution is 0.0744. The van der Waals surface area contributed by atoms with Crippen LogP contribution in [0.1, 0.15) is 24.1 Å². The molecule has 1 N–H and O–H groups in total. The molecule has 0 aliphatic heterocycles. The summed E-state index contributed by atoms with van der Waals surface area (Å²) in [7, 11) is 0. The molecular weight excluding hydrogens is 278 g/mol. The summed E-state index contributed by atoms with van der Waals surface area (Å²) in [6.45, 7) is 2.29. The average molecular weight is 299 g/mol. The Labute approximate surface area is 131 Å². The van der Waals surface area contributed by atoms with E-state index in [9.17, 15) is 9.90 Å². The minimum Gasteiger partial charge on any atom is -0.445 e. The summed E-state index contributed by atoms with van der Waals surface area (Å²) < 4.78 is 5.36. The van der Waals surface area contributed by atoms with Crippen molar-refractivity contribution in [3.8, 4) is 0 Å². The Hall–Kier alpha value is -2.33. The molecule has 4 heteroatoms. The van der Waals surface area contributed by atoms with Gasteiger partial charge in [0.05, 0.1) is 12.6 Å². The number of hydrogen-bond acceptors (Lipinski definition) is 3. The van der Waals surface area contributed by atoms with Crippen molar-refractivity contribution in [3.63, 3.8) is 0 Å². The summed E-state index contributed by atoms with van der Waals surface area (Å²) in [4.78, 5) is 13.9. The van der Waals surface area contributed by atoms with Gasteiger partial charge in [-0.25, -0.2) is 4.79 Å². The van der Waals surface area contributed by atoms with Gasteiger partial charge < -0.3 is 9.84 Å². The maximum absolute atomic E-state index is 12.3. The third kappa shape index (κ3) is 4.33. The van der Waals surface area contributed by atoms with E-state index in [0.29, 0.717) is 0 Å². The first-order valence-corrected chi connectivity index (χ1v) is 7.35. The number of carbonyl (C=O) groups excluding carboxylic acids is 1. The van der Waals surface area contributed by atoms with Gasteiger partial charge in [0.15, 0.2) is 0 Å². The van der Waals surface area contributed by atoms with Crippen molar-refractivity contribution in [2.45, 2.75) is 19.6 Å². The number of aliphatic hydroxyl groups excluding tert-OH is 1. The molecule has 0 aliphatic rings. The van der Waals surface area contributed by atoms with Gasteiger partial charge in [-0.05, 0) is 18.1 Å². The molecule has 22 heavy (non-hydrogen) atoms. The number of ether oxygens (including phenoxy) is 1. The number of hydrogen-bond donors (Lipinski definition) is 1. The fourth-order valence-electron chi connectivity index (χ4n) is 2.26. The fraction of sp³-hybridized carbons (Fsp3) is 0.278. The maximum Gasteiger partial charge on any atom is 0.410 e. The quantitative estimate of drug-likeness (QED) is 0.889. The Bertz CT molecular complexity index is 571. The molecule has 0 saturated carbocycles. The van der Waals surface area contributed by atoms with E-state index in [0.717, 1.165) is 11.1 Å². The van der Waals surface area contributed by atoms with E-state index in [1.54, 1.807) is 0 Å². The van der Waals surface area contributed by atoms with Gasteiger partial charge in [0.25, 0.3) is 0 Å². The highest BCUT2D eigenvalue weighted by Crippen LogP contribution is 2.20. The smallest absolute Gasteiger partial charge is 0.410 e. The van der Waals surface area contributed by atoms with E-state index >= 15 is 0 Å². The van der Waals surface area contributed by atoms with Gasteiger partial charge in [-0.15, -0.1) is 0 Å². The largest absolute Gasteiger partial charge is 0.445 e. The van der Waals surface area contributed by atoms with Crippen LogP contribution in [-0.4, -0.2) is 29.3 Å². The lowest BCUT2D eigenvalue weighted by Gasteiger charge is -2.28. The second kappa shape index (κ2) is 8.20. The highest BCUT2D eigenvalue weighted by atomic mass is 16.6. The van der Waals surface area contributed by atoms with Crippen LogP contribution in [0.5, 0.6) is 0 Å². The first kappa shape index (κ1) is 16.0. The molecule has 1 atom stereocenters. The summed E-state index contributed by atoms with van der Waals surface area (Å²) >= 11 is 0. The van der Waals surface area contributed by atoms with Crippen molar-refractivity contribution in [2.24, 2.45) is 0 Å². The molecule has 116 valence electrons. The molecule has 0 radical (unpaired) electrons. The van der Waals surface area contributed by atoms with Gasteiger partial charge in [-0.2, -0.15) is 0 Å². The molecule has 0 heterocycles. The van der Waals surface area contributed by atoms with Gasteiger partial charge in [-0.1, -0.05) is 60.7 Å². The molecule has 0 unspecified atom stereocenters. The highest BCUT2D eigenvalue weighted by Gasteiger charge is 2.22. The van der Waals surface area contributed by atoms with E-state index in [1.165, 1.54) is 4.90 Å². The third-order valence-electron chi connectivity index (χ3n) is 3.53. The Morgan fingerprint density at radius 2 is 1.68 bits per heavy atom. The van der Waals surface area contributed by atoms with Crippen LogP contribution in [0.25, 0.3) is 0 Å². The number of carbonyl (C=O) groups is 1. The molecule has 0 fully saturated rings. The number of benzene rings is 2. The van der Waals surface area contributed by atoms with E-state index in [-0.39, 0.29) is 25.8 Å². The number of rotatable bonds is 6. The Balaban J connectivity index is 2.02. The molecule has 4 nitrogen and oxygen atoms in total. The molecule has 0 aromatic heterocycles. The molecule has 2 aromatic rings. The maximum atomic E-state index is 12.3. The highest BCUT2D eigenvalue weighted by molar-refractivity contribution is 5.68. The molecule has 1 amide bonds. The van der Waals surface area contributed by atoms with Crippen molar-refractivity contribution >= 4 is 6.09 Å². The van der Waals surface area contributed by atoms with Gasteiger partial charge >= 0.3 is 6.09 Å². The van der Waals surface area contributed by atoms with Crippen molar-refractivity contribution in [3.05, 3.63) is 71.8 Å². The second-order valence-electron chi connectivity index (χ2n) is 5.04. The molecule has 2 rings (SSSR count). The lowest BCUT2D eigenvalue weighted by Crippen LogP contribution is -2.36. The van der Waals surface area contributed by atoms with E-state index in [4.69, 9.17) is 4.74 Å². The minimum absolute atomic E-state index is 0.0996. The van der Waals surface area contributed by atoms with Crippen LogP contribution >= 0.6 is 0 Å². The molecule has 0 aliphatic carbocycles. The lowest BCUT2D eigenvalue weighted by atomic mass is 10.1. The minimum atomic E-state index is -0.422. The summed E-state index contributed by atoms with van der Waals surface area (Å²) in [6, 6.07) is 19.1. The van der Waals surface area contributed by atoms with Gasteiger partial charge in [0.2, 0.25) is 0 Å². The zero-order valence-electron chi connectivity index (χ0n) is 12.7. The van der Waals surface area contributed by atoms with Crippen LogP contribution in [0.15, 0.2) is 60.7 Å². The Morgan fingerprint density at radius 1 is 1.09 bits per heavy atom. The first-order valence-electron chi connectivity index (χ1n) is 7.35. The van der Waals surface area contributed by atoms with Crippen molar-refractivity contribution in [1.29, 1.82) is 0 Å². The summed E-state index contributed by atoms with van der Waals surface area (Å²) in [5.74, 6) is 0. The molecule has 0 spiro atoms. The average Bonchev–Trinajstić information content (AvgIpc) is 2.58. The normalized spacial score (nSPS) is 11.7. The van der Waals surface area contributed by atoms with Crippen molar-refractivity contribution in [1.82, 2.24) is 4.90 Å². The van der Waals surface area contributed by atoms with Crippen molar-refractivity contribution < 1.29 is 14.6 Å². The number of amides is 1. The fourth-order valence-corrected chi connectivity index (χ4v) is 2.26. The van der Waals surface area contributed by atoms with Crippen LogP contribution in [0, 0.1) is 0 Å². The van der Waals surface area contributed by atoms with Gasteiger partial charge in [-0.3, -0.25) is 4.90 Å². The SMILES string of the molecule is C[C@H](c1ccccc1)N(CCO)C(=O)OCc1ccccc1. The van der Waals surface area contributed by atoms with Crippen LogP contribution < -0.4 is 0 Å². The van der Waals surface area contributed by atoms with Gasteiger partial charge in [0, 0.05) is 6.54 Å². The predicted octanol–water partition coefficient (Wildman–Crippen LogP) is 3.38. The third-order valence-corrected chi connectivity index (χ3v) is 3.53. The van der Waals surface area contributed by atoms with E-state index in [2.05, 4.69) is 0 Å². The Kier molecular flexibility index (Phi) is 5.98. The number of aliphatic hydroxyl groups is 1. The zero-order valence-corrected chi connectivity index (χ0v) is 12.7. The predicted molar refractivity (Wildman–Crippen MR) is 85.3 cm³/mol. The van der Waals surface area contributed by atoms with E-state index < -0.39 is 6.09 Å². The topological polar surface area (TPSA) is 49.8 Å². The second-order valence-corrected chi connectivity index (χ2v) is 5.04. The Morgan fingerprint density at radius 3 is 2.27 bits per heavy atom. The standard InChI is InChI=1S/C18H21NO3/c1-15(17-10-6-3-7-11-17)19(12-13-20)18(21)22-14-16-8-4-2-5-9-16/h2-11,15,20H,12-14H2,1H3/t15-/m1/s1. The zero-order chi connectivity index (χ0) is 15.8. The first-order chi connectivity index (χ1) is 10.7. The van der Waals surface area contributed by atoms with Crippen LogP contribution in [-0.2, 0) is 11.3 Å². The molecule has 0 bridgehead atoms. The molecule has 2 aromatic carbocycles. The monoisotopic (exact) mass is 299 g/mol. The van der Waals surface area contributed by atoms with E-state index in [1.807, 2.05) is 67.6 Å². The van der Waals surface area contributed by atoms with Gasteiger partial charge in [0.1, 0.15) is 6.61 Å². The molecule has 0 saturated heterocycles.